The van der Waals surface area contributed by atoms with Crippen molar-refractivity contribution < 1.29 is 9.53 Å². The number of hydrogen-bond donors (Lipinski definition) is 1. The van der Waals surface area contributed by atoms with Crippen LogP contribution in [0.4, 0.5) is 4.79 Å². The van der Waals surface area contributed by atoms with Crippen LogP contribution in [0.3, 0.4) is 0 Å². The van der Waals surface area contributed by atoms with Gasteiger partial charge in [-0.15, -0.1) is 0 Å². The van der Waals surface area contributed by atoms with Gasteiger partial charge in [0, 0.05) is 12.4 Å². The number of halogens is 1. The second-order valence-electron chi connectivity index (χ2n) is 5.60. The summed E-state index contributed by atoms with van der Waals surface area (Å²) in [5, 5.41) is 6.80. The van der Waals surface area contributed by atoms with Gasteiger partial charge in [-0.05, 0) is 43.6 Å². The Hall–Kier alpha value is -2.03. The second kappa shape index (κ2) is 6.39. The summed E-state index contributed by atoms with van der Waals surface area (Å²) in [5.41, 5.74) is -0.563. The van der Waals surface area contributed by atoms with Crippen LogP contribution in [0.25, 0.3) is 5.95 Å². The molecule has 0 saturated carbocycles. The average Bonchev–Trinajstić information content (AvgIpc) is 2.86. The molecule has 2 heterocycles. The quantitative estimate of drug-likeness (QED) is 0.893. The van der Waals surface area contributed by atoms with E-state index in [2.05, 4.69) is 41.3 Å². The Morgan fingerprint density at radius 2 is 1.95 bits per heavy atom. The van der Waals surface area contributed by atoms with Crippen LogP contribution in [0.2, 0.25) is 0 Å². The monoisotopic (exact) mass is 368 g/mol. The summed E-state index contributed by atoms with van der Waals surface area (Å²) in [6.07, 6.45) is 4.08. The fourth-order valence-corrected chi connectivity index (χ4v) is 1.87. The van der Waals surface area contributed by atoms with Gasteiger partial charge in [0.05, 0.1) is 10.5 Å². The minimum atomic E-state index is -0.563. The highest BCUT2D eigenvalue weighted by atomic mass is 79.9. The molecule has 0 aromatic carbocycles. The molecule has 1 N–H and O–H groups in total. The summed E-state index contributed by atoms with van der Waals surface area (Å²) in [5.74, 6) is 0.877. The fourth-order valence-electron chi connectivity index (χ4n) is 1.66. The Kier molecular flexibility index (Phi) is 4.74. The van der Waals surface area contributed by atoms with Crippen LogP contribution in [0.1, 0.15) is 39.6 Å². The van der Waals surface area contributed by atoms with Gasteiger partial charge in [0.15, 0.2) is 5.82 Å². The topological polar surface area (TPSA) is 94.8 Å². The minimum absolute atomic E-state index is 0.369. The number of carbonyl (C=O) groups excluding carboxylic acids is 1. The molecule has 118 valence electrons. The molecule has 1 atom stereocenters. The summed E-state index contributed by atoms with van der Waals surface area (Å²) in [4.78, 5) is 24.3. The SMILES string of the molecule is C[C@H](NC(=O)OC(C)(C)C)c1ncnn1-c1ncc(Br)cn1. The van der Waals surface area contributed by atoms with Gasteiger partial charge in [0.2, 0.25) is 0 Å². The van der Waals surface area contributed by atoms with E-state index in [4.69, 9.17) is 4.74 Å². The average molecular weight is 369 g/mol. The molecule has 0 fully saturated rings. The van der Waals surface area contributed by atoms with E-state index in [0.717, 1.165) is 4.47 Å². The van der Waals surface area contributed by atoms with Gasteiger partial charge in [-0.1, -0.05) is 0 Å². The smallest absolute Gasteiger partial charge is 0.408 e. The summed E-state index contributed by atoms with van der Waals surface area (Å²) in [6.45, 7) is 7.18. The molecule has 2 aromatic heterocycles. The van der Waals surface area contributed by atoms with Crippen molar-refractivity contribution in [3.8, 4) is 5.95 Å². The lowest BCUT2D eigenvalue weighted by atomic mass is 10.2. The van der Waals surface area contributed by atoms with Crippen molar-refractivity contribution in [1.29, 1.82) is 0 Å². The van der Waals surface area contributed by atoms with Crippen molar-refractivity contribution in [2.24, 2.45) is 0 Å². The van der Waals surface area contributed by atoms with E-state index in [9.17, 15) is 4.79 Å². The van der Waals surface area contributed by atoms with Crippen LogP contribution in [0.5, 0.6) is 0 Å². The van der Waals surface area contributed by atoms with Gasteiger partial charge in [-0.2, -0.15) is 9.78 Å². The molecule has 9 heteroatoms. The molecular formula is C13H17BrN6O2. The van der Waals surface area contributed by atoms with E-state index >= 15 is 0 Å². The largest absolute Gasteiger partial charge is 0.444 e. The van der Waals surface area contributed by atoms with Crippen molar-refractivity contribution in [2.75, 3.05) is 0 Å². The summed E-state index contributed by atoms with van der Waals surface area (Å²) in [6, 6.07) is -0.412. The third-order valence-corrected chi connectivity index (χ3v) is 2.90. The normalized spacial score (nSPS) is 12.8. The number of rotatable bonds is 3. The summed E-state index contributed by atoms with van der Waals surface area (Å²) >= 11 is 3.27. The predicted molar refractivity (Wildman–Crippen MR) is 82.4 cm³/mol. The van der Waals surface area contributed by atoms with Crippen LogP contribution >= 0.6 is 15.9 Å². The van der Waals surface area contributed by atoms with Crippen molar-refractivity contribution in [3.63, 3.8) is 0 Å². The molecule has 22 heavy (non-hydrogen) atoms. The highest BCUT2D eigenvalue weighted by Gasteiger charge is 2.21. The molecule has 1 amide bonds. The van der Waals surface area contributed by atoms with Gasteiger partial charge in [-0.25, -0.2) is 19.7 Å². The number of nitrogens with zero attached hydrogens (tertiary/aromatic N) is 5. The molecule has 8 nitrogen and oxygen atoms in total. The van der Waals surface area contributed by atoms with Crippen LogP contribution in [-0.4, -0.2) is 36.4 Å². The maximum absolute atomic E-state index is 11.8. The van der Waals surface area contributed by atoms with Crippen LogP contribution in [0.15, 0.2) is 23.2 Å². The number of ether oxygens (including phenoxy) is 1. The zero-order valence-corrected chi connectivity index (χ0v) is 14.3. The van der Waals surface area contributed by atoms with Crippen LogP contribution < -0.4 is 5.32 Å². The fraction of sp³-hybridized carbons (Fsp3) is 0.462. The first-order valence-electron chi connectivity index (χ1n) is 6.63. The molecule has 2 rings (SSSR count). The maximum Gasteiger partial charge on any atom is 0.408 e. The van der Waals surface area contributed by atoms with E-state index in [1.807, 2.05) is 0 Å². The third kappa shape index (κ3) is 4.23. The molecule has 0 aliphatic carbocycles. The van der Waals surface area contributed by atoms with E-state index in [1.165, 1.54) is 11.0 Å². The Balaban J connectivity index is 2.15. The van der Waals surface area contributed by atoms with Gasteiger partial charge in [0.25, 0.3) is 5.95 Å². The molecule has 0 unspecified atom stereocenters. The Morgan fingerprint density at radius 3 is 2.55 bits per heavy atom. The molecule has 0 radical (unpaired) electrons. The molecule has 0 aliphatic heterocycles. The van der Waals surface area contributed by atoms with Crippen molar-refractivity contribution in [3.05, 3.63) is 29.0 Å². The van der Waals surface area contributed by atoms with Crippen molar-refractivity contribution in [1.82, 2.24) is 30.0 Å². The lowest BCUT2D eigenvalue weighted by molar-refractivity contribution is 0.0505. The van der Waals surface area contributed by atoms with E-state index in [1.54, 1.807) is 40.1 Å². The summed E-state index contributed by atoms with van der Waals surface area (Å²) in [7, 11) is 0. The first-order chi connectivity index (χ1) is 10.3. The third-order valence-electron chi connectivity index (χ3n) is 2.49. The lowest BCUT2D eigenvalue weighted by Crippen LogP contribution is -2.35. The van der Waals surface area contributed by atoms with Crippen LogP contribution in [-0.2, 0) is 4.74 Å². The predicted octanol–water partition coefficient (Wildman–Crippen LogP) is 2.41. The van der Waals surface area contributed by atoms with Gasteiger partial charge in [0.1, 0.15) is 11.9 Å². The van der Waals surface area contributed by atoms with E-state index < -0.39 is 17.7 Å². The highest BCUT2D eigenvalue weighted by Crippen LogP contribution is 2.14. The molecule has 0 bridgehead atoms. The molecule has 0 spiro atoms. The Bertz CT molecular complexity index is 649. The molecular weight excluding hydrogens is 352 g/mol. The van der Waals surface area contributed by atoms with Gasteiger partial charge in [-0.3, -0.25) is 0 Å². The second-order valence-corrected chi connectivity index (χ2v) is 6.51. The van der Waals surface area contributed by atoms with Crippen molar-refractivity contribution >= 4 is 22.0 Å². The number of carbonyl (C=O) groups is 1. The number of aromatic nitrogens is 5. The summed E-state index contributed by atoms with van der Waals surface area (Å²) < 4.78 is 7.45. The number of alkyl carbamates (subject to hydrolysis) is 1. The van der Waals surface area contributed by atoms with E-state index in [-0.39, 0.29) is 0 Å². The molecule has 0 aliphatic rings. The molecule has 2 aromatic rings. The number of hydrogen-bond acceptors (Lipinski definition) is 6. The zero-order valence-electron chi connectivity index (χ0n) is 12.7. The first kappa shape index (κ1) is 16.3. The molecule has 0 saturated heterocycles. The van der Waals surface area contributed by atoms with Crippen molar-refractivity contribution in [2.45, 2.75) is 39.3 Å². The van der Waals surface area contributed by atoms with Gasteiger partial charge < -0.3 is 10.1 Å². The first-order valence-corrected chi connectivity index (χ1v) is 7.43. The van der Waals surface area contributed by atoms with Gasteiger partial charge >= 0.3 is 6.09 Å². The highest BCUT2D eigenvalue weighted by molar-refractivity contribution is 9.10. The van der Waals surface area contributed by atoms with E-state index in [0.29, 0.717) is 11.8 Å². The number of nitrogens with one attached hydrogen (secondary N) is 1. The number of amides is 1. The lowest BCUT2D eigenvalue weighted by Gasteiger charge is -2.21. The standard InChI is InChI=1S/C13H17BrN6O2/c1-8(19-12(21)22-13(2,3)4)10-17-7-18-20(10)11-15-5-9(14)6-16-11/h5-8H,1-4H3,(H,19,21)/t8-/m0/s1. The Morgan fingerprint density at radius 1 is 1.32 bits per heavy atom. The van der Waals surface area contributed by atoms with Crippen LogP contribution in [0, 0.1) is 0 Å². The maximum atomic E-state index is 11.8. The Labute approximate surface area is 136 Å². The zero-order chi connectivity index (χ0) is 16.3. The minimum Gasteiger partial charge on any atom is -0.444 e.